The van der Waals surface area contributed by atoms with Crippen LogP contribution in [-0.2, 0) is 12.2 Å². The molecule has 1 aliphatic heterocycles. The van der Waals surface area contributed by atoms with Gasteiger partial charge in [0.15, 0.2) is 5.67 Å². The van der Waals surface area contributed by atoms with Crippen LogP contribution < -0.4 is 0 Å². The molecule has 0 saturated carbocycles. The third-order valence-corrected chi connectivity index (χ3v) is 4.83. The van der Waals surface area contributed by atoms with Gasteiger partial charge in [0.25, 0.3) is 11.8 Å². The number of alkyl halides is 1. The lowest BCUT2D eigenvalue weighted by Gasteiger charge is -2.34. The number of halogens is 3. The number of carbonyl (C=O) groups is 1. The Hall–Kier alpha value is -2.52. The van der Waals surface area contributed by atoms with Crippen LogP contribution in [0.1, 0.15) is 36.1 Å². The van der Waals surface area contributed by atoms with Crippen LogP contribution in [0, 0.1) is 0 Å². The second-order valence-electron chi connectivity index (χ2n) is 6.45. The van der Waals surface area contributed by atoms with Crippen molar-refractivity contribution >= 4 is 30.7 Å². The van der Waals surface area contributed by atoms with Crippen LogP contribution in [0.2, 0.25) is 0 Å². The molecule has 1 aliphatic rings. The van der Waals surface area contributed by atoms with Crippen LogP contribution in [-0.4, -0.2) is 48.8 Å². The van der Waals surface area contributed by atoms with Crippen molar-refractivity contribution in [3.63, 3.8) is 0 Å². The molecule has 0 radical (unpaired) electrons. The van der Waals surface area contributed by atoms with E-state index in [1.165, 1.54) is 0 Å². The van der Waals surface area contributed by atoms with Gasteiger partial charge in [-0.1, -0.05) is 5.16 Å². The highest BCUT2D eigenvalue weighted by molar-refractivity contribution is 5.92. The van der Waals surface area contributed by atoms with Gasteiger partial charge in [0.1, 0.15) is 5.69 Å². The Morgan fingerprint density at radius 3 is 2.52 bits per heavy atom. The Balaban J connectivity index is 0.00000150. The molecule has 29 heavy (non-hydrogen) atoms. The first kappa shape index (κ1) is 22.8. The molecule has 156 valence electrons. The summed E-state index contributed by atoms with van der Waals surface area (Å²) in [6.45, 7) is 3.08. The number of likely N-dealkylation sites (tertiary alicyclic amines) is 1. The maximum Gasteiger partial charge on any atom is 0.272 e. The van der Waals surface area contributed by atoms with E-state index in [0.29, 0.717) is 23.6 Å². The van der Waals surface area contributed by atoms with E-state index in [1.54, 1.807) is 46.4 Å². The Morgan fingerprint density at radius 2 is 1.86 bits per heavy atom. The summed E-state index contributed by atoms with van der Waals surface area (Å²) in [4.78, 5) is 22.5. The third kappa shape index (κ3) is 4.40. The average Bonchev–Trinajstić information content (AvgIpc) is 3.38. The van der Waals surface area contributed by atoms with E-state index >= 15 is 4.39 Å². The van der Waals surface area contributed by atoms with Crippen molar-refractivity contribution in [2.24, 2.45) is 0 Å². The van der Waals surface area contributed by atoms with E-state index in [4.69, 9.17) is 4.52 Å². The number of aryl methyl sites for hydroxylation is 1. The monoisotopic (exact) mass is 442 g/mol. The van der Waals surface area contributed by atoms with Gasteiger partial charge in [-0.05, 0) is 25.1 Å². The summed E-state index contributed by atoms with van der Waals surface area (Å²) in [5.74, 6) is 0.147. The SMILES string of the molecule is CCn1nccc1C(=O)N1CCC(F)(c2nc(-c3ccncc3)no2)CC1.Cl.Cl. The molecule has 4 rings (SSSR count). The molecule has 0 aliphatic carbocycles. The van der Waals surface area contributed by atoms with E-state index in [9.17, 15) is 4.79 Å². The van der Waals surface area contributed by atoms with Gasteiger partial charge in [-0.15, -0.1) is 24.8 Å². The minimum atomic E-state index is -1.74. The minimum Gasteiger partial charge on any atom is -0.337 e. The largest absolute Gasteiger partial charge is 0.337 e. The van der Waals surface area contributed by atoms with Gasteiger partial charge in [-0.25, -0.2) is 4.39 Å². The van der Waals surface area contributed by atoms with Gasteiger partial charge in [0.2, 0.25) is 5.82 Å². The first-order valence-electron chi connectivity index (χ1n) is 8.85. The minimum absolute atomic E-state index is 0. The fraction of sp³-hybridized carbons (Fsp3) is 0.389. The van der Waals surface area contributed by atoms with Crippen LogP contribution in [0.5, 0.6) is 0 Å². The molecule has 0 unspecified atom stereocenters. The Kier molecular flexibility index (Phi) is 7.32. The molecule has 1 fully saturated rings. The molecular weight excluding hydrogens is 422 g/mol. The van der Waals surface area contributed by atoms with Gasteiger partial charge in [0.05, 0.1) is 0 Å². The second kappa shape index (κ2) is 9.32. The van der Waals surface area contributed by atoms with Crippen molar-refractivity contribution in [3.05, 3.63) is 48.4 Å². The number of carbonyl (C=O) groups excluding carboxylic acids is 1. The van der Waals surface area contributed by atoms with Crippen LogP contribution in [0.3, 0.4) is 0 Å². The van der Waals surface area contributed by atoms with E-state index in [2.05, 4.69) is 20.2 Å². The second-order valence-corrected chi connectivity index (χ2v) is 6.45. The molecule has 0 bridgehead atoms. The third-order valence-electron chi connectivity index (χ3n) is 4.83. The number of hydrogen-bond donors (Lipinski definition) is 0. The number of hydrogen-bond acceptors (Lipinski definition) is 6. The molecule has 0 aromatic carbocycles. The smallest absolute Gasteiger partial charge is 0.272 e. The number of aromatic nitrogens is 5. The predicted octanol–water partition coefficient (Wildman–Crippen LogP) is 3.29. The maximum absolute atomic E-state index is 15.4. The van der Waals surface area contributed by atoms with Gasteiger partial charge >= 0.3 is 0 Å². The zero-order chi connectivity index (χ0) is 18.9. The molecule has 1 saturated heterocycles. The number of piperidine rings is 1. The Morgan fingerprint density at radius 1 is 1.17 bits per heavy atom. The molecule has 4 heterocycles. The van der Waals surface area contributed by atoms with Crippen molar-refractivity contribution in [2.75, 3.05) is 13.1 Å². The molecule has 1 amide bonds. The van der Waals surface area contributed by atoms with Gasteiger partial charge < -0.3 is 9.42 Å². The zero-order valence-corrected chi connectivity index (χ0v) is 17.3. The zero-order valence-electron chi connectivity index (χ0n) is 15.7. The van der Waals surface area contributed by atoms with Gasteiger partial charge in [0, 0.05) is 56.6 Å². The average molecular weight is 443 g/mol. The van der Waals surface area contributed by atoms with E-state index in [1.807, 2.05) is 6.92 Å². The summed E-state index contributed by atoms with van der Waals surface area (Å²) in [6, 6.07) is 5.15. The summed E-state index contributed by atoms with van der Waals surface area (Å²) in [5.41, 5.74) is -0.509. The lowest BCUT2D eigenvalue weighted by atomic mass is 9.93. The number of rotatable bonds is 4. The van der Waals surface area contributed by atoms with E-state index < -0.39 is 5.67 Å². The van der Waals surface area contributed by atoms with Crippen LogP contribution >= 0.6 is 24.8 Å². The molecule has 0 N–H and O–H groups in total. The standard InChI is InChI=1S/C18H19FN6O2.2ClH/c1-2-25-14(5-10-21-25)16(26)24-11-6-18(19,7-12-24)17-22-15(23-27-17)13-3-8-20-9-4-13;;/h3-5,8-10H,2,6-7,11-12H2,1H3;2*1H. The summed E-state index contributed by atoms with van der Waals surface area (Å²) in [5, 5.41) is 7.99. The normalized spacial score (nSPS) is 15.3. The van der Waals surface area contributed by atoms with Crippen molar-refractivity contribution in [1.82, 2.24) is 29.8 Å². The quantitative estimate of drug-likeness (QED) is 0.615. The highest BCUT2D eigenvalue weighted by Gasteiger charge is 2.43. The molecular formula is C18H21Cl2FN6O2. The molecule has 3 aromatic heterocycles. The fourth-order valence-corrected chi connectivity index (χ4v) is 3.23. The predicted molar refractivity (Wildman–Crippen MR) is 108 cm³/mol. The van der Waals surface area contributed by atoms with E-state index in [-0.39, 0.29) is 62.5 Å². The van der Waals surface area contributed by atoms with Crippen molar-refractivity contribution < 1.29 is 13.7 Å². The maximum atomic E-state index is 15.4. The van der Waals surface area contributed by atoms with Gasteiger partial charge in [-0.3, -0.25) is 14.5 Å². The Labute approximate surface area is 179 Å². The lowest BCUT2D eigenvalue weighted by Crippen LogP contribution is -2.44. The van der Waals surface area contributed by atoms with E-state index in [0.717, 1.165) is 0 Å². The summed E-state index contributed by atoms with van der Waals surface area (Å²) >= 11 is 0. The van der Waals surface area contributed by atoms with Crippen LogP contribution in [0.4, 0.5) is 4.39 Å². The summed E-state index contributed by atoms with van der Waals surface area (Å²) < 4.78 is 22.2. The number of nitrogens with zero attached hydrogens (tertiary/aromatic N) is 6. The van der Waals surface area contributed by atoms with Crippen molar-refractivity contribution in [1.29, 1.82) is 0 Å². The summed E-state index contributed by atoms with van der Waals surface area (Å²) in [6.07, 6.45) is 5.04. The fourth-order valence-electron chi connectivity index (χ4n) is 3.23. The van der Waals surface area contributed by atoms with Crippen molar-refractivity contribution in [3.8, 4) is 11.4 Å². The topological polar surface area (TPSA) is 89.9 Å². The number of amides is 1. The lowest BCUT2D eigenvalue weighted by molar-refractivity contribution is 0.0243. The molecule has 8 nitrogen and oxygen atoms in total. The highest BCUT2D eigenvalue weighted by Crippen LogP contribution is 2.37. The Bertz CT molecular complexity index is 941. The molecule has 11 heteroatoms. The molecule has 3 aromatic rings. The van der Waals surface area contributed by atoms with Crippen LogP contribution in [0.25, 0.3) is 11.4 Å². The molecule has 0 atom stereocenters. The first-order valence-corrected chi connectivity index (χ1v) is 8.85. The number of pyridine rings is 1. The van der Waals surface area contributed by atoms with Crippen LogP contribution in [0.15, 0.2) is 41.3 Å². The van der Waals surface area contributed by atoms with Gasteiger partial charge in [-0.2, -0.15) is 10.1 Å². The first-order chi connectivity index (χ1) is 13.1. The summed E-state index contributed by atoms with van der Waals surface area (Å²) in [7, 11) is 0. The molecule has 0 spiro atoms. The van der Waals surface area contributed by atoms with Crippen molar-refractivity contribution in [2.45, 2.75) is 32.0 Å². The highest BCUT2D eigenvalue weighted by atomic mass is 35.5.